The van der Waals surface area contributed by atoms with Gasteiger partial charge in [0.15, 0.2) is 0 Å². The largest absolute Gasteiger partial charge is 0.322 e. The molecule has 0 saturated carbocycles. The van der Waals surface area contributed by atoms with Crippen LogP contribution in [-0.4, -0.2) is 10.9 Å². The van der Waals surface area contributed by atoms with Gasteiger partial charge >= 0.3 is 0 Å². The molecule has 1 amide bonds. The molecule has 0 aliphatic rings. The lowest BCUT2D eigenvalue weighted by molar-refractivity contribution is 0.102. The maximum absolute atomic E-state index is 12.7. The van der Waals surface area contributed by atoms with Gasteiger partial charge in [-0.2, -0.15) is 0 Å². The monoisotopic (exact) mass is 414 g/mol. The Morgan fingerprint density at radius 3 is 2.48 bits per heavy atom. The molecule has 0 saturated heterocycles. The van der Waals surface area contributed by atoms with Crippen molar-refractivity contribution in [2.75, 3.05) is 5.32 Å². The number of anilines is 1. The van der Waals surface area contributed by atoms with Crippen LogP contribution < -0.4 is 5.32 Å². The lowest BCUT2D eigenvalue weighted by Crippen LogP contribution is -2.11. The zero-order valence-electron chi connectivity index (χ0n) is 15.2. The Morgan fingerprint density at radius 1 is 0.862 bits per heavy atom. The average molecular weight is 415 g/mol. The number of thiazole rings is 1. The zero-order chi connectivity index (χ0) is 19.8. The molecule has 5 aromatic rings. The highest BCUT2D eigenvalue weighted by Gasteiger charge is 2.12. The Balaban J connectivity index is 1.41. The second-order valence-electron chi connectivity index (χ2n) is 6.70. The van der Waals surface area contributed by atoms with Crippen LogP contribution in [0.3, 0.4) is 0 Å². The van der Waals surface area contributed by atoms with Gasteiger partial charge in [0.25, 0.3) is 5.91 Å². The number of amides is 1. The minimum atomic E-state index is -0.167. The van der Waals surface area contributed by atoms with E-state index in [1.807, 2.05) is 78.9 Å². The van der Waals surface area contributed by atoms with E-state index < -0.39 is 0 Å². The van der Waals surface area contributed by atoms with Crippen molar-refractivity contribution in [3.63, 3.8) is 0 Å². The second-order valence-corrected chi connectivity index (χ2v) is 8.14. The van der Waals surface area contributed by atoms with E-state index >= 15 is 0 Å². The van der Waals surface area contributed by atoms with Crippen LogP contribution in [0.25, 0.3) is 31.6 Å². The highest BCUT2D eigenvalue weighted by molar-refractivity contribution is 7.21. The van der Waals surface area contributed by atoms with Crippen LogP contribution in [0, 0.1) is 0 Å². The van der Waals surface area contributed by atoms with Gasteiger partial charge < -0.3 is 5.32 Å². The first-order chi connectivity index (χ1) is 14.2. The first-order valence-corrected chi connectivity index (χ1v) is 10.3. The summed E-state index contributed by atoms with van der Waals surface area (Å²) < 4.78 is 1.12. The van der Waals surface area contributed by atoms with Gasteiger partial charge in [-0.15, -0.1) is 11.3 Å². The maximum atomic E-state index is 12.7. The van der Waals surface area contributed by atoms with E-state index in [9.17, 15) is 4.79 Å². The number of benzene rings is 4. The van der Waals surface area contributed by atoms with Crippen molar-refractivity contribution in [2.45, 2.75) is 0 Å². The number of rotatable bonds is 3. The van der Waals surface area contributed by atoms with E-state index in [1.54, 1.807) is 17.4 Å². The quantitative estimate of drug-likeness (QED) is 0.344. The van der Waals surface area contributed by atoms with E-state index in [0.29, 0.717) is 16.3 Å². The summed E-state index contributed by atoms with van der Waals surface area (Å²) >= 11 is 8.11. The van der Waals surface area contributed by atoms with E-state index in [2.05, 4.69) is 10.3 Å². The maximum Gasteiger partial charge on any atom is 0.255 e. The molecule has 29 heavy (non-hydrogen) atoms. The molecule has 1 heterocycles. The fraction of sp³-hybridized carbons (Fsp3) is 0. The number of fused-ring (bicyclic) bond motifs is 2. The molecule has 0 radical (unpaired) electrons. The molecule has 0 fully saturated rings. The summed E-state index contributed by atoms with van der Waals surface area (Å²) in [5.74, 6) is -0.167. The molecule has 0 bridgehead atoms. The van der Waals surface area contributed by atoms with E-state index in [-0.39, 0.29) is 5.91 Å². The molecule has 0 aliphatic carbocycles. The average Bonchev–Trinajstić information content (AvgIpc) is 3.17. The van der Waals surface area contributed by atoms with Crippen molar-refractivity contribution < 1.29 is 4.79 Å². The van der Waals surface area contributed by atoms with Gasteiger partial charge in [-0.05, 0) is 53.2 Å². The van der Waals surface area contributed by atoms with Crippen LogP contribution in [0.2, 0.25) is 5.02 Å². The predicted octanol–water partition coefficient (Wildman–Crippen LogP) is 7.02. The summed E-state index contributed by atoms with van der Waals surface area (Å²) in [7, 11) is 0. The molecule has 0 aliphatic heterocycles. The number of carbonyl (C=O) groups excluding carboxylic acids is 1. The van der Waals surface area contributed by atoms with Crippen molar-refractivity contribution in [1.82, 2.24) is 4.98 Å². The fourth-order valence-electron chi connectivity index (χ4n) is 3.29. The number of nitrogens with one attached hydrogen (secondary N) is 1. The van der Waals surface area contributed by atoms with Crippen LogP contribution in [0.1, 0.15) is 10.4 Å². The number of para-hydroxylation sites is 1. The molecule has 3 nitrogen and oxygen atoms in total. The third kappa shape index (κ3) is 3.48. The molecule has 0 spiro atoms. The zero-order valence-corrected chi connectivity index (χ0v) is 16.8. The number of hydrogen-bond donors (Lipinski definition) is 1. The highest BCUT2D eigenvalue weighted by atomic mass is 35.5. The predicted molar refractivity (Wildman–Crippen MR) is 122 cm³/mol. The van der Waals surface area contributed by atoms with Crippen molar-refractivity contribution in [3.8, 4) is 10.6 Å². The Kier molecular flexibility index (Phi) is 4.51. The summed E-state index contributed by atoms with van der Waals surface area (Å²) in [6, 6.07) is 27.2. The first-order valence-electron chi connectivity index (χ1n) is 9.13. The van der Waals surface area contributed by atoms with Crippen molar-refractivity contribution >= 4 is 55.5 Å². The molecular weight excluding hydrogens is 400 g/mol. The van der Waals surface area contributed by atoms with E-state index in [0.717, 1.165) is 31.6 Å². The lowest BCUT2D eigenvalue weighted by atomic mass is 10.1. The van der Waals surface area contributed by atoms with Crippen LogP contribution >= 0.6 is 22.9 Å². The van der Waals surface area contributed by atoms with Crippen LogP contribution in [0.5, 0.6) is 0 Å². The lowest BCUT2D eigenvalue weighted by Gasteiger charge is -2.08. The number of hydrogen-bond acceptors (Lipinski definition) is 3. The summed E-state index contributed by atoms with van der Waals surface area (Å²) in [6.07, 6.45) is 0. The summed E-state index contributed by atoms with van der Waals surface area (Å²) in [4.78, 5) is 17.3. The number of aromatic nitrogens is 1. The Hall–Kier alpha value is -3.21. The van der Waals surface area contributed by atoms with Gasteiger partial charge in [-0.3, -0.25) is 4.79 Å². The van der Waals surface area contributed by atoms with Gasteiger partial charge in [0.1, 0.15) is 5.01 Å². The van der Waals surface area contributed by atoms with Gasteiger partial charge in [-0.1, -0.05) is 54.1 Å². The summed E-state index contributed by atoms with van der Waals surface area (Å²) in [6.45, 7) is 0. The van der Waals surface area contributed by atoms with Gasteiger partial charge in [0.2, 0.25) is 0 Å². The number of carbonyl (C=O) groups is 1. The van der Waals surface area contributed by atoms with Crippen LogP contribution in [-0.2, 0) is 0 Å². The smallest absolute Gasteiger partial charge is 0.255 e. The van der Waals surface area contributed by atoms with E-state index in [4.69, 9.17) is 11.6 Å². The van der Waals surface area contributed by atoms with Crippen molar-refractivity contribution in [2.24, 2.45) is 0 Å². The van der Waals surface area contributed by atoms with Gasteiger partial charge in [0.05, 0.1) is 15.2 Å². The minimum absolute atomic E-state index is 0.167. The highest BCUT2D eigenvalue weighted by Crippen LogP contribution is 2.35. The Morgan fingerprint density at radius 2 is 1.66 bits per heavy atom. The fourth-order valence-corrected chi connectivity index (χ4v) is 4.62. The topological polar surface area (TPSA) is 42.0 Å². The molecule has 1 N–H and O–H groups in total. The third-order valence-corrected chi connectivity index (χ3v) is 6.15. The molecule has 0 atom stereocenters. The van der Waals surface area contributed by atoms with Crippen LogP contribution in [0.4, 0.5) is 5.69 Å². The second kappa shape index (κ2) is 7.32. The molecule has 0 unspecified atom stereocenters. The first kappa shape index (κ1) is 17.9. The van der Waals surface area contributed by atoms with Crippen molar-refractivity contribution in [3.05, 3.63) is 95.5 Å². The molecular formula is C24H15ClN2OS. The molecule has 5 heteroatoms. The summed E-state index contributed by atoms with van der Waals surface area (Å²) in [5.41, 5.74) is 3.07. The SMILES string of the molecule is O=C(Nc1ccc(-c2nc3ccccc3s2)c(Cl)c1)c1ccc2ccccc2c1. The molecule has 4 aromatic carbocycles. The Bertz CT molecular complexity index is 1340. The van der Waals surface area contributed by atoms with Gasteiger partial charge in [-0.25, -0.2) is 4.98 Å². The van der Waals surface area contributed by atoms with Gasteiger partial charge in [0, 0.05) is 16.8 Å². The number of nitrogens with zero attached hydrogens (tertiary/aromatic N) is 1. The molecule has 1 aromatic heterocycles. The molecule has 5 rings (SSSR count). The van der Waals surface area contributed by atoms with E-state index in [1.165, 1.54) is 0 Å². The molecule has 140 valence electrons. The number of halogens is 1. The Labute approximate surface area is 176 Å². The normalized spacial score (nSPS) is 11.1. The van der Waals surface area contributed by atoms with Crippen LogP contribution in [0.15, 0.2) is 84.9 Å². The third-order valence-electron chi connectivity index (χ3n) is 4.76. The minimum Gasteiger partial charge on any atom is -0.322 e. The standard InChI is InChI=1S/C24H15ClN2OS/c25-20-14-18(11-12-19(20)24-27-21-7-3-4-8-22(21)29-24)26-23(28)17-10-9-15-5-1-2-6-16(15)13-17/h1-14H,(H,26,28). The summed E-state index contributed by atoms with van der Waals surface area (Å²) in [5, 5.41) is 6.48. The van der Waals surface area contributed by atoms with Crippen molar-refractivity contribution in [1.29, 1.82) is 0 Å².